The highest BCUT2D eigenvalue weighted by Gasteiger charge is 2.19. The van der Waals surface area contributed by atoms with E-state index in [1.807, 2.05) is 35.7 Å². The first kappa shape index (κ1) is 17.6. The quantitative estimate of drug-likeness (QED) is 0.897. The van der Waals surface area contributed by atoms with Crippen LogP contribution < -0.4 is 19.7 Å². The highest BCUT2D eigenvalue weighted by molar-refractivity contribution is 7.09. The van der Waals surface area contributed by atoms with Gasteiger partial charge in [-0.15, -0.1) is 23.7 Å². The van der Waals surface area contributed by atoms with Gasteiger partial charge in [0.05, 0.1) is 13.1 Å². The fourth-order valence-electron chi connectivity index (χ4n) is 2.33. The summed E-state index contributed by atoms with van der Waals surface area (Å²) in [5.41, 5.74) is 0.818. The highest BCUT2D eigenvalue weighted by atomic mass is 35.5. The first-order chi connectivity index (χ1) is 10.8. The third-order valence-corrected chi connectivity index (χ3v) is 4.22. The number of ether oxygens (including phenoxy) is 2. The van der Waals surface area contributed by atoms with E-state index in [0.717, 1.165) is 16.3 Å². The van der Waals surface area contributed by atoms with Gasteiger partial charge < -0.3 is 19.7 Å². The van der Waals surface area contributed by atoms with E-state index < -0.39 is 0 Å². The average Bonchev–Trinajstić information content (AvgIpc) is 3.05. The van der Waals surface area contributed by atoms with Crippen LogP contribution in [0.2, 0.25) is 0 Å². The fraction of sp³-hybridized carbons (Fsp3) is 0.312. The van der Waals surface area contributed by atoms with Crippen LogP contribution in [0.1, 0.15) is 4.88 Å². The number of benzene rings is 1. The molecule has 0 radical (unpaired) electrons. The Balaban J connectivity index is 0.00000192. The van der Waals surface area contributed by atoms with Gasteiger partial charge in [-0.2, -0.15) is 0 Å². The molecule has 1 N–H and O–H groups in total. The summed E-state index contributed by atoms with van der Waals surface area (Å²) < 4.78 is 11.1. The summed E-state index contributed by atoms with van der Waals surface area (Å²) in [4.78, 5) is 15.3. The van der Waals surface area contributed by atoms with Gasteiger partial charge >= 0.3 is 0 Å². The molecule has 0 aliphatic carbocycles. The molecule has 0 saturated heterocycles. The number of fused-ring (bicyclic) bond motifs is 1. The molecule has 0 fully saturated rings. The summed E-state index contributed by atoms with van der Waals surface area (Å²) in [6.45, 7) is 1.94. The standard InChI is InChI=1S/C16H18N2O3S.ClH/c1-17-10-16(19)18(11-13-3-2-8-22-13)12-4-5-14-15(9-12)21-7-6-20-14;/h2-5,8-9,17H,6-7,10-11H2,1H3;1H. The van der Waals surface area contributed by atoms with Crippen molar-refractivity contribution in [1.82, 2.24) is 5.32 Å². The Morgan fingerprint density at radius 2 is 2.04 bits per heavy atom. The van der Waals surface area contributed by atoms with Gasteiger partial charge in [0, 0.05) is 16.6 Å². The molecule has 2 aromatic rings. The molecule has 5 nitrogen and oxygen atoms in total. The minimum absolute atomic E-state index is 0. The molecule has 0 unspecified atom stereocenters. The number of halogens is 1. The summed E-state index contributed by atoms with van der Waals surface area (Å²) in [6, 6.07) is 9.65. The second kappa shape index (κ2) is 8.19. The fourth-order valence-corrected chi connectivity index (χ4v) is 3.02. The largest absolute Gasteiger partial charge is 0.486 e. The van der Waals surface area contributed by atoms with E-state index in [-0.39, 0.29) is 18.3 Å². The van der Waals surface area contributed by atoms with Crippen molar-refractivity contribution in [3.8, 4) is 11.5 Å². The van der Waals surface area contributed by atoms with Crippen LogP contribution in [0.4, 0.5) is 5.69 Å². The molecule has 2 heterocycles. The lowest BCUT2D eigenvalue weighted by atomic mass is 10.2. The summed E-state index contributed by atoms with van der Waals surface area (Å²) in [5, 5.41) is 4.93. The monoisotopic (exact) mass is 354 g/mol. The van der Waals surface area contributed by atoms with Gasteiger partial charge in [-0.1, -0.05) is 6.07 Å². The Hall–Kier alpha value is -1.76. The van der Waals surface area contributed by atoms with Crippen LogP contribution in [0.25, 0.3) is 0 Å². The molecule has 1 aromatic carbocycles. The predicted molar refractivity (Wildman–Crippen MR) is 94.1 cm³/mol. The highest BCUT2D eigenvalue weighted by Crippen LogP contribution is 2.34. The molecular formula is C16H19ClN2O3S. The number of nitrogens with zero attached hydrogens (tertiary/aromatic N) is 1. The number of carbonyl (C=O) groups excluding carboxylic acids is 1. The number of thiophene rings is 1. The van der Waals surface area contributed by atoms with Crippen LogP contribution >= 0.6 is 23.7 Å². The lowest BCUT2D eigenvalue weighted by Crippen LogP contribution is -2.36. The Labute approximate surface area is 145 Å². The van der Waals surface area contributed by atoms with Crippen LogP contribution in [0.15, 0.2) is 35.7 Å². The number of amides is 1. The van der Waals surface area contributed by atoms with Gasteiger partial charge in [0.15, 0.2) is 11.5 Å². The third-order valence-electron chi connectivity index (χ3n) is 3.36. The van der Waals surface area contributed by atoms with Gasteiger partial charge in [-0.25, -0.2) is 0 Å². The van der Waals surface area contributed by atoms with Crippen molar-refractivity contribution in [1.29, 1.82) is 0 Å². The van der Waals surface area contributed by atoms with E-state index in [4.69, 9.17) is 9.47 Å². The smallest absolute Gasteiger partial charge is 0.241 e. The number of likely N-dealkylation sites (N-methyl/N-ethyl adjacent to an activating group) is 1. The summed E-state index contributed by atoms with van der Waals surface area (Å²) in [5.74, 6) is 1.44. The minimum Gasteiger partial charge on any atom is -0.486 e. The summed E-state index contributed by atoms with van der Waals surface area (Å²) in [7, 11) is 1.77. The Morgan fingerprint density at radius 1 is 1.26 bits per heavy atom. The van der Waals surface area contributed by atoms with Crippen molar-refractivity contribution in [2.24, 2.45) is 0 Å². The zero-order valence-electron chi connectivity index (χ0n) is 12.8. The van der Waals surface area contributed by atoms with Crippen molar-refractivity contribution >= 4 is 35.3 Å². The molecule has 1 aromatic heterocycles. The van der Waals surface area contributed by atoms with Crippen molar-refractivity contribution in [2.45, 2.75) is 6.54 Å². The normalized spacial score (nSPS) is 12.4. The van der Waals surface area contributed by atoms with Crippen LogP contribution in [-0.2, 0) is 11.3 Å². The Kier molecular flexibility index (Phi) is 6.27. The Bertz CT molecular complexity index is 649. The average molecular weight is 355 g/mol. The van der Waals surface area contributed by atoms with Gasteiger partial charge in [-0.05, 0) is 30.6 Å². The lowest BCUT2D eigenvalue weighted by Gasteiger charge is -2.25. The van der Waals surface area contributed by atoms with Crippen LogP contribution in [0.5, 0.6) is 11.5 Å². The van der Waals surface area contributed by atoms with E-state index >= 15 is 0 Å². The molecule has 1 aliphatic rings. The second-order valence-electron chi connectivity index (χ2n) is 4.92. The number of hydrogen-bond donors (Lipinski definition) is 1. The number of rotatable bonds is 5. The molecule has 0 bridgehead atoms. The van der Waals surface area contributed by atoms with Gasteiger partial charge in [0.25, 0.3) is 0 Å². The van der Waals surface area contributed by atoms with Crippen LogP contribution in [0, 0.1) is 0 Å². The van der Waals surface area contributed by atoms with Crippen LogP contribution in [-0.4, -0.2) is 32.7 Å². The summed E-state index contributed by atoms with van der Waals surface area (Å²) in [6.07, 6.45) is 0. The maximum atomic E-state index is 12.4. The molecule has 1 aliphatic heterocycles. The Morgan fingerprint density at radius 3 is 2.74 bits per heavy atom. The molecule has 23 heavy (non-hydrogen) atoms. The number of nitrogens with one attached hydrogen (secondary N) is 1. The topological polar surface area (TPSA) is 50.8 Å². The van der Waals surface area contributed by atoms with Crippen LogP contribution in [0.3, 0.4) is 0 Å². The lowest BCUT2D eigenvalue weighted by molar-refractivity contribution is -0.117. The first-order valence-corrected chi connectivity index (χ1v) is 8.03. The van der Waals surface area contributed by atoms with Crippen molar-refractivity contribution < 1.29 is 14.3 Å². The van der Waals surface area contributed by atoms with Gasteiger partial charge in [0.2, 0.25) is 5.91 Å². The molecule has 1 amide bonds. The van der Waals surface area contributed by atoms with Crippen molar-refractivity contribution in [2.75, 3.05) is 31.7 Å². The molecular weight excluding hydrogens is 336 g/mol. The third kappa shape index (κ3) is 4.16. The van der Waals surface area contributed by atoms with Gasteiger partial charge in [-0.3, -0.25) is 4.79 Å². The summed E-state index contributed by atoms with van der Waals surface area (Å²) >= 11 is 1.64. The number of anilines is 1. The molecule has 7 heteroatoms. The second-order valence-corrected chi connectivity index (χ2v) is 5.95. The maximum Gasteiger partial charge on any atom is 0.241 e. The zero-order valence-corrected chi connectivity index (χ0v) is 14.4. The SMILES string of the molecule is CNCC(=O)N(Cc1cccs1)c1ccc2c(c1)OCCO2.Cl. The molecule has 0 atom stereocenters. The molecule has 3 rings (SSSR count). The number of carbonyl (C=O) groups is 1. The van der Waals surface area contributed by atoms with E-state index in [0.29, 0.717) is 32.1 Å². The molecule has 124 valence electrons. The first-order valence-electron chi connectivity index (χ1n) is 7.15. The van der Waals surface area contributed by atoms with Crippen molar-refractivity contribution in [3.05, 3.63) is 40.6 Å². The maximum absolute atomic E-state index is 12.4. The number of hydrogen-bond acceptors (Lipinski definition) is 5. The van der Waals surface area contributed by atoms with Crippen molar-refractivity contribution in [3.63, 3.8) is 0 Å². The predicted octanol–water partition coefficient (Wildman–Crippen LogP) is 2.69. The molecule has 0 saturated carbocycles. The van der Waals surface area contributed by atoms with E-state index in [1.165, 1.54) is 0 Å². The van der Waals surface area contributed by atoms with E-state index in [1.54, 1.807) is 23.3 Å². The van der Waals surface area contributed by atoms with E-state index in [9.17, 15) is 4.79 Å². The zero-order chi connectivity index (χ0) is 15.4. The minimum atomic E-state index is 0. The van der Waals surface area contributed by atoms with E-state index in [2.05, 4.69) is 5.32 Å². The molecule has 0 spiro atoms. The van der Waals surface area contributed by atoms with Gasteiger partial charge in [0.1, 0.15) is 13.2 Å².